The Labute approximate surface area is 182 Å². The van der Waals surface area contributed by atoms with E-state index < -0.39 is 31.8 Å². The van der Waals surface area contributed by atoms with Crippen LogP contribution in [-0.2, 0) is 24.7 Å². The smallest absolute Gasteiger partial charge is 0.262 e. The van der Waals surface area contributed by atoms with E-state index >= 15 is 0 Å². The van der Waals surface area contributed by atoms with Gasteiger partial charge in [0.2, 0.25) is 10.0 Å². The molecule has 0 heterocycles. The molecule has 0 spiro atoms. The third kappa shape index (κ3) is 5.82. The predicted octanol–water partition coefficient (Wildman–Crippen LogP) is 2.42. The average molecular weight is 471 g/mol. The molecule has 0 bridgehead atoms. The molecule has 9 nitrogen and oxygen atoms in total. The van der Waals surface area contributed by atoms with Crippen LogP contribution >= 0.6 is 0 Å². The number of carbonyl (C=O) groups excluding carboxylic acids is 1. The van der Waals surface area contributed by atoms with Crippen LogP contribution in [-0.4, -0.2) is 51.1 Å². The second kappa shape index (κ2) is 9.77. The zero-order chi connectivity index (χ0) is 23.4. The maximum Gasteiger partial charge on any atom is 0.262 e. The van der Waals surface area contributed by atoms with Crippen LogP contribution in [0, 0.1) is 5.92 Å². The number of amides is 1. The Kier molecular flexibility index (Phi) is 7.82. The van der Waals surface area contributed by atoms with Gasteiger partial charge in [-0.1, -0.05) is 20.8 Å². The predicted molar refractivity (Wildman–Crippen MR) is 114 cm³/mol. The van der Waals surface area contributed by atoms with Crippen LogP contribution in [0.25, 0.3) is 0 Å². The minimum Gasteiger partial charge on any atom is -0.457 e. The molecule has 0 aliphatic rings. The number of ether oxygens (including phenoxy) is 1. The van der Waals surface area contributed by atoms with E-state index in [4.69, 9.17) is 9.94 Å². The first kappa shape index (κ1) is 24.8. The van der Waals surface area contributed by atoms with Gasteiger partial charge in [-0.15, -0.1) is 0 Å². The number of hydrogen-bond donors (Lipinski definition) is 2. The summed E-state index contributed by atoms with van der Waals surface area (Å²) in [5.41, 5.74) is 1.53. The van der Waals surface area contributed by atoms with Crippen molar-refractivity contribution in [3.8, 4) is 11.5 Å². The number of benzene rings is 2. The molecule has 0 aromatic heterocycles. The van der Waals surface area contributed by atoms with Crippen LogP contribution in [0.5, 0.6) is 11.5 Å². The third-order valence-electron chi connectivity index (χ3n) is 4.55. The number of carbonyl (C=O) groups is 1. The molecule has 2 aromatic rings. The van der Waals surface area contributed by atoms with Crippen molar-refractivity contribution in [2.75, 3.05) is 12.8 Å². The van der Waals surface area contributed by atoms with Crippen molar-refractivity contribution in [3.05, 3.63) is 48.5 Å². The highest BCUT2D eigenvalue weighted by atomic mass is 32.2. The van der Waals surface area contributed by atoms with Gasteiger partial charge in [0, 0.05) is 12.8 Å². The van der Waals surface area contributed by atoms with E-state index in [2.05, 4.69) is 0 Å². The van der Waals surface area contributed by atoms with Crippen molar-refractivity contribution in [1.82, 2.24) is 9.79 Å². The molecular weight excluding hydrogens is 444 g/mol. The SMILES string of the molecule is CCN([C@H](C(=O)NO)C(C)C)S(=O)(=O)c1ccc(Oc2ccc(S(C)(=O)=O)cc2)cc1. The van der Waals surface area contributed by atoms with Crippen molar-refractivity contribution < 1.29 is 31.6 Å². The number of rotatable bonds is 9. The number of nitrogens with one attached hydrogen (secondary N) is 1. The first-order valence-electron chi connectivity index (χ1n) is 9.45. The largest absolute Gasteiger partial charge is 0.457 e. The quantitative estimate of drug-likeness (QED) is 0.425. The minimum atomic E-state index is -4.02. The van der Waals surface area contributed by atoms with Crippen molar-refractivity contribution in [1.29, 1.82) is 0 Å². The van der Waals surface area contributed by atoms with Gasteiger partial charge in [-0.05, 0) is 54.4 Å². The zero-order valence-electron chi connectivity index (χ0n) is 17.6. The van der Waals surface area contributed by atoms with Gasteiger partial charge in [-0.25, -0.2) is 22.3 Å². The number of nitrogens with zero attached hydrogens (tertiary/aromatic N) is 1. The molecule has 0 radical (unpaired) electrons. The lowest BCUT2D eigenvalue weighted by Gasteiger charge is -2.30. The summed E-state index contributed by atoms with van der Waals surface area (Å²) in [5.74, 6) is -0.447. The molecular formula is C20H26N2O7S2. The van der Waals surface area contributed by atoms with Gasteiger partial charge in [-0.2, -0.15) is 4.31 Å². The molecule has 0 aliphatic heterocycles. The highest BCUT2D eigenvalue weighted by molar-refractivity contribution is 7.90. The first-order valence-corrected chi connectivity index (χ1v) is 12.8. The van der Waals surface area contributed by atoms with Gasteiger partial charge in [-0.3, -0.25) is 10.0 Å². The Morgan fingerprint density at radius 3 is 1.77 bits per heavy atom. The van der Waals surface area contributed by atoms with Gasteiger partial charge in [0.1, 0.15) is 17.5 Å². The molecule has 1 atom stereocenters. The maximum absolute atomic E-state index is 13.1. The monoisotopic (exact) mass is 470 g/mol. The van der Waals surface area contributed by atoms with Crippen LogP contribution in [0.4, 0.5) is 0 Å². The fourth-order valence-corrected chi connectivity index (χ4v) is 5.41. The Morgan fingerprint density at radius 2 is 1.42 bits per heavy atom. The number of sulfonamides is 1. The van der Waals surface area contributed by atoms with Crippen LogP contribution in [0.1, 0.15) is 20.8 Å². The van der Waals surface area contributed by atoms with Crippen LogP contribution < -0.4 is 10.2 Å². The molecule has 170 valence electrons. The lowest BCUT2D eigenvalue weighted by molar-refractivity contribution is -0.134. The summed E-state index contributed by atoms with van der Waals surface area (Å²) in [4.78, 5) is 12.2. The molecule has 2 aromatic carbocycles. The fourth-order valence-electron chi connectivity index (χ4n) is 3.05. The van der Waals surface area contributed by atoms with E-state index in [1.54, 1.807) is 20.8 Å². The molecule has 2 N–H and O–H groups in total. The average Bonchev–Trinajstić information content (AvgIpc) is 2.71. The Hall–Kier alpha value is -2.47. The topological polar surface area (TPSA) is 130 Å². The lowest BCUT2D eigenvalue weighted by atomic mass is 10.0. The zero-order valence-corrected chi connectivity index (χ0v) is 19.3. The molecule has 11 heteroatoms. The minimum absolute atomic E-state index is 0.0313. The molecule has 2 rings (SSSR count). The summed E-state index contributed by atoms with van der Waals surface area (Å²) in [6, 6.07) is 10.4. The second-order valence-corrected chi connectivity index (χ2v) is 11.1. The molecule has 0 fully saturated rings. The van der Waals surface area contributed by atoms with Crippen LogP contribution in [0.2, 0.25) is 0 Å². The van der Waals surface area contributed by atoms with E-state index in [0.717, 1.165) is 10.6 Å². The Balaban J connectivity index is 2.27. The summed E-state index contributed by atoms with van der Waals surface area (Å²) in [6.07, 6.45) is 1.11. The molecule has 0 unspecified atom stereocenters. The van der Waals surface area contributed by atoms with Gasteiger partial charge >= 0.3 is 0 Å². The van der Waals surface area contributed by atoms with E-state index in [-0.39, 0.29) is 22.3 Å². The summed E-state index contributed by atoms with van der Waals surface area (Å²) >= 11 is 0. The van der Waals surface area contributed by atoms with Crippen molar-refractivity contribution >= 4 is 25.8 Å². The summed E-state index contributed by atoms with van der Waals surface area (Å²) < 4.78 is 55.9. The fraction of sp³-hybridized carbons (Fsp3) is 0.350. The van der Waals surface area contributed by atoms with E-state index in [1.165, 1.54) is 54.0 Å². The molecule has 31 heavy (non-hydrogen) atoms. The standard InChI is InChI=1S/C20H26N2O7S2/c1-5-22(19(14(2)3)20(23)21-24)31(27,28)18-12-8-16(9-13-18)29-15-6-10-17(11-7-15)30(4,25)26/h6-14,19,24H,5H2,1-4H3,(H,21,23)/t19-/m0/s1. The number of likely N-dealkylation sites (N-methyl/N-ethyl adjacent to an activating group) is 1. The Morgan fingerprint density at radius 1 is 0.968 bits per heavy atom. The van der Waals surface area contributed by atoms with Gasteiger partial charge < -0.3 is 4.74 Å². The summed E-state index contributed by atoms with van der Waals surface area (Å²) in [5, 5.41) is 9.00. The lowest BCUT2D eigenvalue weighted by Crippen LogP contribution is -2.51. The van der Waals surface area contributed by atoms with E-state index in [1.807, 2.05) is 0 Å². The van der Waals surface area contributed by atoms with E-state index in [9.17, 15) is 21.6 Å². The number of hydroxylamine groups is 1. The van der Waals surface area contributed by atoms with Gasteiger partial charge in [0.15, 0.2) is 9.84 Å². The Bertz CT molecular complexity index is 1110. The summed E-state index contributed by atoms with van der Waals surface area (Å²) in [6.45, 7) is 5.01. The second-order valence-electron chi connectivity index (χ2n) is 7.19. The van der Waals surface area contributed by atoms with Crippen LogP contribution in [0.15, 0.2) is 58.3 Å². The van der Waals surface area contributed by atoms with E-state index in [0.29, 0.717) is 11.5 Å². The molecule has 0 saturated carbocycles. The van der Waals surface area contributed by atoms with Crippen molar-refractivity contribution in [2.24, 2.45) is 5.92 Å². The van der Waals surface area contributed by atoms with Gasteiger partial charge in [0.05, 0.1) is 9.79 Å². The van der Waals surface area contributed by atoms with Crippen molar-refractivity contribution in [2.45, 2.75) is 36.6 Å². The number of hydrogen-bond acceptors (Lipinski definition) is 7. The first-order chi connectivity index (χ1) is 14.4. The highest BCUT2D eigenvalue weighted by Crippen LogP contribution is 2.27. The highest BCUT2D eigenvalue weighted by Gasteiger charge is 2.36. The molecule has 0 aliphatic carbocycles. The molecule has 0 saturated heterocycles. The normalized spacial score (nSPS) is 13.3. The van der Waals surface area contributed by atoms with Gasteiger partial charge in [0.25, 0.3) is 5.91 Å². The molecule has 1 amide bonds. The van der Waals surface area contributed by atoms with Crippen LogP contribution in [0.3, 0.4) is 0 Å². The maximum atomic E-state index is 13.1. The summed E-state index contributed by atoms with van der Waals surface area (Å²) in [7, 11) is -7.34. The third-order valence-corrected chi connectivity index (χ3v) is 7.65. The van der Waals surface area contributed by atoms with Crippen molar-refractivity contribution in [3.63, 3.8) is 0 Å². The number of sulfone groups is 1.